The number of hydrogen-bond acceptors (Lipinski definition) is 1. The lowest BCUT2D eigenvalue weighted by molar-refractivity contribution is 0.161. The number of alkyl halides is 1. The van der Waals surface area contributed by atoms with E-state index in [1.54, 1.807) is 0 Å². The monoisotopic (exact) mass is 228 g/mol. The fourth-order valence-electron chi connectivity index (χ4n) is 1.98. The van der Waals surface area contributed by atoms with E-state index < -0.39 is 0 Å². The third-order valence-electron chi connectivity index (χ3n) is 2.96. The van der Waals surface area contributed by atoms with Gasteiger partial charge in [-0.3, -0.25) is 0 Å². The van der Waals surface area contributed by atoms with Crippen LogP contribution in [0.3, 0.4) is 0 Å². The smallest absolute Gasteiger partial charge is 0.123 e. The van der Waals surface area contributed by atoms with Gasteiger partial charge in [-0.05, 0) is 30.5 Å². The second kappa shape index (κ2) is 4.50. The first kappa shape index (κ1) is 10.9. The van der Waals surface area contributed by atoms with Gasteiger partial charge < -0.3 is 4.74 Å². The zero-order valence-electron chi connectivity index (χ0n) is 8.51. The van der Waals surface area contributed by atoms with Crippen LogP contribution in [0.25, 0.3) is 0 Å². The van der Waals surface area contributed by atoms with Crippen LogP contribution in [-0.4, -0.2) is 19.1 Å². The zero-order valence-corrected chi connectivity index (χ0v) is 9.27. The van der Waals surface area contributed by atoms with Crippen molar-refractivity contribution in [3.05, 3.63) is 35.6 Å². The van der Waals surface area contributed by atoms with Crippen LogP contribution in [0.15, 0.2) is 24.3 Å². The molecule has 15 heavy (non-hydrogen) atoms. The minimum absolute atomic E-state index is 0.0549. The molecule has 0 spiro atoms. The van der Waals surface area contributed by atoms with Crippen LogP contribution < -0.4 is 0 Å². The molecule has 0 aromatic heterocycles. The highest BCUT2D eigenvalue weighted by atomic mass is 35.5. The van der Waals surface area contributed by atoms with Gasteiger partial charge in [0.05, 0.1) is 6.61 Å². The van der Waals surface area contributed by atoms with Gasteiger partial charge in [0.25, 0.3) is 0 Å². The van der Waals surface area contributed by atoms with Gasteiger partial charge in [0.15, 0.2) is 0 Å². The third-order valence-corrected chi connectivity index (χ3v) is 3.53. The van der Waals surface area contributed by atoms with Gasteiger partial charge in [0.2, 0.25) is 0 Å². The van der Waals surface area contributed by atoms with Gasteiger partial charge in [-0.15, -0.1) is 11.6 Å². The van der Waals surface area contributed by atoms with E-state index in [9.17, 15) is 4.39 Å². The molecule has 1 unspecified atom stereocenters. The summed E-state index contributed by atoms with van der Waals surface area (Å²) in [6.07, 6.45) is 1.87. The molecule has 2 rings (SSSR count). The Kier molecular flexibility index (Phi) is 3.27. The van der Waals surface area contributed by atoms with Crippen LogP contribution >= 0.6 is 11.6 Å². The summed E-state index contributed by atoms with van der Waals surface area (Å²) < 4.78 is 18.1. The first-order valence-electron chi connectivity index (χ1n) is 5.12. The maximum Gasteiger partial charge on any atom is 0.123 e. The second-order valence-electron chi connectivity index (χ2n) is 4.24. The van der Waals surface area contributed by atoms with Crippen LogP contribution in [0.1, 0.15) is 12.0 Å². The number of halogens is 2. The summed E-state index contributed by atoms with van der Waals surface area (Å²) in [5.41, 5.74) is 1.18. The van der Waals surface area contributed by atoms with Crippen LogP contribution in [0.4, 0.5) is 4.39 Å². The predicted octanol–water partition coefficient (Wildman–Crippen LogP) is 3.01. The lowest BCUT2D eigenvalue weighted by atomic mass is 9.83. The third kappa shape index (κ3) is 2.50. The Hall–Kier alpha value is -0.600. The molecule has 1 aromatic rings. The first-order valence-corrected chi connectivity index (χ1v) is 5.66. The summed E-state index contributed by atoms with van der Waals surface area (Å²) >= 11 is 5.99. The molecule has 1 heterocycles. The van der Waals surface area contributed by atoms with Gasteiger partial charge in [-0.25, -0.2) is 4.39 Å². The van der Waals surface area contributed by atoms with Crippen molar-refractivity contribution in [3.8, 4) is 0 Å². The maximum absolute atomic E-state index is 12.7. The molecule has 1 saturated heterocycles. The number of rotatable bonds is 3. The van der Waals surface area contributed by atoms with E-state index in [1.165, 1.54) is 12.1 Å². The minimum Gasteiger partial charge on any atom is -0.381 e. The Bertz CT molecular complexity index is 317. The molecule has 3 heteroatoms. The summed E-state index contributed by atoms with van der Waals surface area (Å²) in [4.78, 5) is 0. The van der Waals surface area contributed by atoms with Crippen LogP contribution in [-0.2, 0) is 11.2 Å². The molecule has 82 valence electrons. The lowest BCUT2D eigenvalue weighted by Gasteiger charge is -2.24. The standard InChI is InChI=1S/C12H14ClFO/c13-8-12(5-6-15-9-12)7-10-1-3-11(14)4-2-10/h1-4H,5-9H2. The molecule has 0 N–H and O–H groups in total. The molecule has 0 bridgehead atoms. The Morgan fingerprint density at radius 2 is 2.07 bits per heavy atom. The summed E-state index contributed by atoms with van der Waals surface area (Å²) in [7, 11) is 0. The fourth-order valence-corrected chi connectivity index (χ4v) is 2.28. The van der Waals surface area contributed by atoms with Crippen molar-refractivity contribution in [1.82, 2.24) is 0 Å². The van der Waals surface area contributed by atoms with Gasteiger partial charge in [0, 0.05) is 17.9 Å². The molecule has 1 nitrogen and oxygen atoms in total. The molecule has 1 fully saturated rings. The van der Waals surface area contributed by atoms with E-state index in [1.807, 2.05) is 12.1 Å². The number of hydrogen-bond donors (Lipinski definition) is 0. The van der Waals surface area contributed by atoms with Crippen molar-refractivity contribution in [3.63, 3.8) is 0 Å². The molecule has 1 aromatic carbocycles. The number of benzene rings is 1. The lowest BCUT2D eigenvalue weighted by Crippen LogP contribution is -2.26. The van der Waals surface area contributed by atoms with Gasteiger partial charge in [0.1, 0.15) is 5.82 Å². The van der Waals surface area contributed by atoms with Crippen LogP contribution in [0.2, 0.25) is 0 Å². The quantitative estimate of drug-likeness (QED) is 0.723. The highest BCUT2D eigenvalue weighted by Crippen LogP contribution is 2.33. The van der Waals surface area contributed by atoms with E-state index in [2.05, 4.69) is 0 Å². The summed E-state index contributed by atoms with van der Waals surface area (Å²) in [5.74, 6) is 0.408. The molecule has 1 aliphatic rings. The fraction of sp³-hybridized carbons (Fsp3) is 0.500. The van der Waals surface area contributed by atoms with Gasteiger partial charge >= 0.3 is 0 Å². The summed E-state index contributed by atoms with van der Waals surface area (Å²) in [6.45, 7) is 1.50. The van der Waals surface area contributed by atoms with Crippen molar-refractivity contribution in [1.29, 1.82) is 0 Å². The van der Waals surface area contributed by atoms with Crippen molar-refractivity contribution in [2.45, 2.75) is 12.8 Å². The first-order chi connectivity index (χ1) is 7.24. The van der Waals surface area contributed by atoms with E-state index >= 15 is 0 Å². The van der Waals surface area contributed by atoms with Crippen molar-refractivity contribution in [2.75, 3.05) is 19.1 Å². The topological polar surface area (TPSA) is 9.23 Å². The van der Waals surface area contributed by atoms with E-state index in [0.29, 0.717) is 12.5 Å². The molecular weight excluding hydrogens is 215 g/mol. The van der Waals surface area contributed by atoms with Crippen LogP contribution in [0, 0.1) is 11.2 Å². The summed E-state index contributed by atoms with van der Waals surface area (Å²) in [6, 6.07) is 6.63. The normalized spacial score (nSPS) is 25.7. The van der Waals surface area contributed by atoms with E-state index in [0.717, 1.165) is 25.0 Å². The van der Waals surface area contributed by atoms with Gasteiger partial charge in [-0.2, -0.15) is 0 Å². The molecule has 0 saturated carbocycles. The molecule has 0 aliphatic carbocycles. The van der Waals surface area contributed by atoms with Crippen molar-refractivity contribution in [2.24, 2.45) is 5.41 Å². The average molecular weight is 229 g/mol. The van der Waals surface area contributed by atoms with Gasteiger partial charge in [-0.1, -0.05) is 12.1 Å². The van der Waals surface area contributed by atoms with Crippen LogP contribution in [0.5, 0.6) is 0 Å². The summed E-state index contributed by atoms with van der Waals surface area (Å²) in [5, 5.41) is 0. The molecule has 0 amide bonds. The minimum atomic E-state index is -0.193. The average Bonchev–Trinajstić information content (AvgIpc) is 2.71. The number of ether oxygens (including phenoxy) is 1. The highest BCUT2D eigenvalue weighted by Gasteiger charge is 2.34. The Balaban J connectivity index is 2.09. The highest BCUT2D eigenvalue weighted by molar-refractivity contribution is 6.18. The van der Waals surface area contributed by atoms with Crippen molar-refractivity contribution >= 4 is 11.6 Å². The molecule has 1 atom stereocenters. The molecular formula is C12H14ClFO. The largest absolute Gasteiger partial charge is 0.381 e. The Morgan fingerprint density at radius 3 is 2.60 bits per heavy atom. The zero-order chi connectivity index (χ0) is 10.7. The SMILES string of the molecule is Fc1ccc(CC2(CCl)CCOC2)cc1. The molecule has 1 aliphatic heterocycles. The van der Waals surface area contributed by atoms with Crippen molar-refractivity contribution < 1.29 is 9.13 Å². The second-order valence-corrected chi connectivity index (χ2v) is 4.51. The molecule has 0 radical (unpaired) electrons. The predicted molar refractivity (Wildman–Crippen MR) is 58.7 cm³/mol. The van der Waals surface area contributed by atoms with E-state index in [-0.39, 0.29) is 11.2 Å². The van der Waals surface area contributed by atoms with E-state index in [4.69, 9.17) is 16.3 Å². The Morgan fingerprint density at radius 1 is 1.33 bits per heavy atom. The Labute approximate surface area is 94.2 Å². The maximum atomic E-state index is 12.7.